The van der Waals surface area contributed by atoms with Gasteiger partial charge in [-0.25, -0.2) is 8.42 Å². The first kappa shape index (κ1) is 15.8. The highest BCUT2D eigenvalue weighted by Crippen LogP contribution is 2.31. The summed E-state index contributed by atoms with van der Waals surface area (Å²) in [4.78, 5) is 11.1. The Kier molecular flexibility index (Phi) is 4.55. The van der Waals surface area contributed by atoms with Crippen LogP contribution in [0.4, 0.5) is 0 Å². The number of methoxy groups -OCH3 is 1. The first-order chi connectivity index (χ1) is 9.87. The van der Waals surface area contributed by atoms with Crippen LogP contribution in [0.5, 0.6) is 5.75 Å². The third-order valence-corrected chi connectivity index (χ3v) is 5.53. The molecular formula is C13H14ClNO5S. The first-order valence-electron chi connectivity index (χ1n) is 6.11. The SMILES string of the molecule is COc1ccc(Cl)c(S(=O)(=O)N2CC=CCC2C(=O)O)c1. The average molecular weight is 332 g/mol. The van der Waals surface area contributed by atoms with Gasteiger partial charge in [0.25, 0.3) is 0 Å². The number of ether oxygens (including phenoxy) is 1. The lowest BCUT2D eigenvalue weighted by Crippen LogP contribution is -2.46. The van der Waals surface area contributed by atoms with E-state index in [-0.39, 0.29) is 22.9 Å². The van der Waals surface area contributed by atoms with Crippen molar-refractivity contribution in [3.63, 3.8) is 0 Å². The van der Waals surface area contributed by atoms with Crippen LogP contribution in [0.2, 0.25) is 5.02 Å². The number of nitrogens with zero attached hydrogens (tertiary/aromatic N) is 1. The van der Waals surface area contributed by atoms with Crippen molar-refractivity contribution in [2.75, 3.05) is 13.7 Å². The average Bonchev–Trinajstić information content (AvgIpc) is 2.47. The van der Waals surface area contributed by atoms with E-state index in [1.807, 2.05) is 0 Å². The molecule has 1 aromatic rings. The molecule has 0 aliphatic carbocycles. The minimum Gasteiger partial charge on any atom is -0.497 e. The molecule has 0 amide bonds. The predicted octanol–water partition coefficient (Wildman–Crippen LogP) is 1.75. The summed E-state index contributed by atoms with van der Waals surface area (Å²) in [5.74, 6) is -0.862. The molecule has 1 aliphatic heterocycles. The molecule has 1 unspecified atom stereocenters. The van der Waals surface area contributed by atoms with E-state index >= 15 is 0 Å². The first-order valence-corrected chi connectivity index (χ1v) is 7.93. The van der Waals surface area contributed by atoms with E-state index in [9.17, 15) is 18.3 Å². The van der Waals surface area contributed by atoms with Crippen LogP contribution in [0.15, 0.2) is 35.2 Å². The molecule has 1 heterocycles. The number of carboxylic acid groups (broad SMARTS) is 1. The topological polar surface area (TPSA) is 83.9 Å². The lowest BCUT2D eigenvalue weighted by molar-refractivity contribution is -0.141. The largest absolute Gasteiger partial charge is 0.497 e. The quantitative estimate of drug-likeness (QED) is 0.850. The fourth-order valence-corrected chi connectivity index (χ4v) is 4.11. The Labute approximate surface area is 127 Å². The molecule has 0 saturated heterocycles. The maximum Gasteiger partial charge on any atom is 0.322 e. The number of benzene rings is 1. The van der Waals surface area contributed by atoms with Gasteiger partial charge in [-0.15, -0.1) is 0 Å². The van der Waals surface area contributed by atoms with Gasteiger partial charge in [0.1, 0.15) is 16.7 Å². The van der Waals surface area contributed by atoms with Gasteiger partial charge in [-0.2, -0.15) is 4.31 Å². The molecular weight excluding hydrogens is 318 g/mol. The normalized spacial score (nSPS) is 19.4. The molecule has 6 nitrogen and oxygen atoms in total. The van der Waals surface area contributed by atoms with Gasteiger partial charge in [0.05, 0.1) is 12.1 Å². The zero-order valence-electron chi connectivity index (χ0n) is 11.2. The molecule has 1 aromatic carbocycles. The molecule has 1 atom stereocenters. The summed E-state index contributed by atoms with van der Waals surface area (Å²) in [6, 6.07) is 3.09. The number of hydrogen-bond acceptors (Lipinski definition) is 4. The Bertz CT molecular complexity index is 686. The van der Waals surface area contributed by atoms with Gasteiger partial charge in [-0.05, 0) is 18.6 Å². The Morgan fingerprint density at radius 2 is 2.14 bits per heavy atom. The molecule has 8 heteroatoms. The number of aliphatic carboxylic acids is 1. The third kappa shape index (κ3) is 3.04. The van der Waals surface area contributed by atoms with Crippen LogP contribution in [-0.2, 0) is 14.8 Å². The Morgan fingerprint density at radius 1 is 1.43 bits per heavy atom. The molecule has 0 saturated carbocycles. The molecule has 2 rings (SSSR count). The smallest absolute Gasteiger partial charge is 0.322 e. The minimum atomic E-state index is -4.03. The van der Waals surface area contributed by atoms with Crippen LogP contribution in [0.3, 0.4) is 0 Å². The van der Waals surface area contributed by atoms with Gasteiger partial charge in [-0.3, -0.25) is 4.79 Å². The predicted molar refractivity (Wildman–Crippen MR) is 77.1 cm³/mol. The van der Waals surface area contributed by atoms with Crippen LogP contribution in [0.25, 0.3) is 0 Å². The molecule has 0 fully saturated rings. The van der Waals surface area contributed by atoms with E-state index in [0.29, 0.717) is 5.75 Å². The summed E-state index contributed by atoms with van der Waals surface area (Å²) in [6.07, 6.45) is 3.39. The van der Waals surface area contributed by atoms with E-state index < -0.39 is 22.0 Å². The van der Waals surface area contributed by atoms with Crippen LogP contribution >= 0.6 is 11.6 Å². The second kappa shape index (κ2) is 6.05. The summed E-state index contributed by atoms with van der Waals surface area (Å²) < 4.78 is 31.3. The fourth-order valence-electron chi connectivity index (χ4n) is 2.07. The van der Waals surface area contributed by atoms with Gasteiger partial charge in [0.15, 0.2) is 0 Å². The zero-order chi connectivity index (χ0) is 15.6. The van der Waals surface area contributed by atoms with Crippen molar-refractivity contribution in [2.45, 2.75) is 17.4 Å². The van der Waals surface area contributed by atoms with E-state index in [0.717, 1.165) is 4.31 Å². The molecule has 114 valence electrons. The monoisotopic (exact) mass is 331 g/mol. The van der Waals surface area contributed by atoms with Crippen molar-refractivity contribution < 1.29 is 23.1 Å². The van der Waals surface area contributed by atoms with Gasteiger partial charge >= 0.3 is 5.97 Å². The summed E-state index contributed by atoms with van der Waals surface area (Å²) in [7, 11) is -2.62. The summed E-state index contributed by atoms with van der Waals surface area (Å²) in [6.45, 7) is -0.00710. The number of carbonyl (C=O) groups is 1. The number of sulfonamides is 1. The van der Waals surface area contributed by atoms with Crippen molar-refractivity contribution in [1.29, 1.82) is 0 Å². The molecule has 1 N–H and O–H groups in total. The number of hydrogen-bond donors (Lipinski definition) is 1. The van der Waals surface area contributed by atoms with Crippen LogP contribution in [-0.4, -0.2) is 43.5 Å². The van der Waals surface area contributed by atoms with Crippen LogP contribution < -0.4 is 4.74 Å². The number of rotatable bonds is 4. The van der Waals surface area contributed by atoms with Crippen molar-refractivity contribution in [1.82, 2.24) is 4.31 Å². The Hall–Kier alpha value is -1.57. The van der Waals surface area contributed by atoms with Gasteiger partial charge < -0.3 is 9.84 Å². The van der Waals surface area contributed by atoms with Crippen molar-refractivity contribution in [2.24, 2.45) is 0 Å². The Morgan fingerprint density at radius 3 is 2.76 bits per heavy atom. The van der Waals surface area contributed by atoms with E-state index in [1.54, 1.807) is 12.2 Å². The Balaban J connectivity index is 2.50. The molecule has 0 radical (unpaired) electrons. The zero-order valence-corrected chi connectivity index (χ0v) is 12.8. The summed E-state index contributed by atoms with van der Waals surface area (Å²) in [5.41, 5.74) is 0. The molecule has 0 bridgehead atoms. The van der Waals surface area contributed by atoms with E-state index in [1.165, 1.54) is 25.3 Å². The van der Waals surface area contributed by atoms with Crippen LogP contribution in [0, 0.1) is 0 Å². The van der Waals surface area contributed by atoms with E-state index in [4.69, 9.17) is 16.3 Å². The second-order valence-electron chi connectivity index (χ2n) is 4.43. The highest BCUT2D eigenvalue weighted by atomic mass is 35.5. The van der Waals surface area contributed by atoms with Gasteiger partial charge in [0.2, 0.25) is 10.0 Å². The third-order valence-electron chi connectivity index (χ3n) is 3.17. The maximum atomic E-state index is 12.7. The van der Waals surface area contributed by atoms with Crippen molar-refractivity contribution in [3.8, 4) is 5.75 Å². The molecule has 21 heavy (non-hydrogen) atoms. The molecule has 0 spiro atoms. The summed E-state index contributed by atoms with van der Waals surface area (Å²) in [5, 5.41) is 9.21. The highest BCUT2D eigenvalue weighted by molar-refractivity contribution is 7.89. The van der Waals surface area contributed by atoms with Crippen molar-refractivity contribution in [3.05, 3.63) is 35.4 Å². The van der Waals surface area contributed by atoms with Gasteiger partial charge in [0, 0.05) is 12.6 Å². The minimum absolute atomic E-state index is 0.00710. The lowest BCUT2D eigenvalue weighted by Gasteiger charge is -2.29. The molecule has 0 aromatic heterocycles. The van der Waals surface area contributed by atoms with E-state index in [2.05, 4.69) is 0 Å². The van der Waals surface area contributed by atoms with Crippen LogP contribution in [0.1, 0.15) is 6.42 Å². The summed E-state index contributed by atoms with van der Waals surface area (Å²) >= 11 is 5.96. The van der Waals surface area contributed by atoms with Gasteiger partial charge in [-0.1, -0.05) is 23.8 Å². The highest BCUT2D eigenvalue weighted by Gasteiger charge is 2.37. The second-order valence-corrected chi connectivity index (χ2v) is 6.70. The number of halogens is 1. The fraction of sp³-hybridized carbons (Fsp3) is 0.308. The lowest BCUT2D eigenvalue weighted by atomic mass is 10.1. The van der Waals surface area contributed by atoms with Crippen molar-refractivity contribution >= 4 is 27.6 Å². The molecule has 1 aliphatic rings. The standard InChI is InChI=1S/C13H14ClNO5S/c1-20-9-5-6-10(14)12(8-9)21(18,19)15-7-3-2-4-11(15)13(16)17/h2-3,5-6,8,11H,4,7H2,1H3,(H,16,17). The maximum absolute atomic E-state index is 12.7. The number of carboxylic acids is 1.